The van der Waals surface area contributed by atoms with E-state index in [1.807, 2.05) is 11.8 Å². The van der Waals surface area contributed by atoms with Crippen molar-refractivity contribution in [3.63, 3.8) is 0 Å². The molecule has 1 atom stereocenters. The molecule has 2 N–H and O–H groups in total. The summed E-state index contributed by atoms with van der Waals surface area (Å²) in [6.07, 6.45) is 6.16. The molecule has 1 aliphatic heterocycles. The van der Waals surface area contributed by atoms with Gasteiger partial charge in [-0.3, -0.25) is 9.89 Å². The van der Waals surface area contributed by atoms with Gasteiger partial charge in [0.15, 0.2) is 5.96 Å². The van der Waals surface area contributed by atoms with Crippen molar-refractivity contribution in [1.29, 1.82) is 0 Å². The summed E-state index contributed by atoms with van der Waals surface area (Å²) in [4.78, 5) is 7.34. The molecule has 0 aromatic carbocycles. The second kappa shape index (κ2) is 9.57. The van der Waals surface area contributed by atoms with Gasteiger partial charge in [-0.05, 0) is 53.0 Å². The third-order valence-corrected chi connectivity index (χ3v) is 5.41. The molecule has 0 aromatic heterocycles. The Morgan fingerprint density at radius 2 is 2.05 bits per heavy atom. The van der Waals surface area contributed by atoms with Crippen LogP contribution in [0.4, 0.5) is 0 Å². The number of aliphatic imine (C=N–C) groups is 1. The van der Waals surface area contributed by atoms with Crippen molar-refractivity contribution >= 4 is 17.7 Å². The first-order chi connectivity index (χ1) is 10.0. The number of rotatable bonds is 7. The first kappa shape index (κ1) is 18.6. The molecule has 1 fully saturated rings. The number of hydrogen-bond acceptors (Lipinski definition) is 3. The van der Waals surface area contributed by atoms with Gasteiger partial charge in [-0.25, -0.2) is 0 Å². The summed E-state index contributed by atoms with van der Waals surface area (Å²) in [5, 5.41) is 6.90. The Bertz CT molecular complexity index is 317. The van der Waals surface area contributed by atoms with E-state index in [1.54, 1.807) is 0 Å². The minimum atomic E-state index is 0.197. The van der Waals surface area contributed by atoms with Crippen LogP contribution in [0.15, 0.2) is 4.99 Å². The summed E-state index contributed by atoms with van der Waals surface area (Å²) in [6.45, 7) is 14.0. The Morgan fingerprint density at radius 1 is 1.29 bits per heavy atom. The SMILES string of the molecule is CCNC(=NCC(C)(C)SC)NCC1CCCCN1CC. The molecule has 0 spiro atoms. The van der Waals surface area contributed by atoms with E-state index in [9.17, 15) is 0 Å². The number of thioether (sulfide) groups is 1. The summed E-state index contributed by atoms with van der Waals surface area (Å²) in [5.41, 5.74) is 0. The summed E-state index contributed by atoms with van der Waals surface area (Å²) in [5.74, 6) is 0.959. The van der Waals surface area contributed by atoms with E-state index in [0.717, 1.165) is 32.1 Å². The lowest BCUT2D eigenvalue weighted by Gasteiger charge is -2.35. The number of guanidine groups is 1. The zero-order chi connectivity index (χ0) is 15.7. The molecule has 0 aromatic rings. The average Bonchev–Trinajstić information content (AvgIpc) is 2.50. The van der Waals surface area contributed by atoms with Crippen molar-refractivity contribution in [2.75, 3.05) is 39.0 Å². The van der Waals surface area contributed by atoms with Gasteiger partial charge in [-0.15, -0.1) is 0 Å². The number of nitrogens with one attached hydrogen (secondary N) is 2. The van der Waals surface area contributed by atoms with Crippen LogP contribution in [0.1, 0.15) is 47.0 Å². The maximum atomic E-state index is 4.75. The smallest absolute Gasteiger partial charge is 0.191 e. The molecule has 0 aliphatic carbocycles. The Hall–Kier alpha value is -0.420. The van der Waals surface area contributed by atoms with Gasteiger partial charge in [0.1, 0.15) is 0 Å². The maximum Gasteiger partial charge on any atom is 0.191 e. The predicted octanol–water partition coefficient (Wildman–Crippen LogP) is 2.56. The zero-order valence-corrected chi connectivity index (χ0v) is 15.4. The second-order valence-corrected chi connectivity index (χ2v) is 7.83. The van der Waals surface area contributed by atoms with Crippen LogP contribution in [0.3, 0.4) is 0 Å². The van der Waals surface area contributed by atoms with Crippen LogP contribution in [0.25, 0.3) is 0 Å². The minimum absolute atomic E-state index is 0.197. The van der Waals surface area contributed by atoms with Gasteiger partial charge < -0.3 is 10.6 Å². The van der Waals surface area contributed by atoms with Crippen LogP contribution in [0.2, 0.25) is 0 Å². The average molecular weight is 315 g/mol. The van der Waals surface area contributed by atoms with Gasteiger partial charge in [-0.1, -0.05) is 13.3 Å². The molecule has 1 aliphatic rings. The summed E-state index contributed by atoms with van der Waals surface area (Å²) >= 11 is 1.87. The minimum Gasteiger partial charge on any atom is -0.357 e. The third-order valence-electron chi connectivity index (χ3n) is 4.18. The highest BCUT2D eigenvalue weighted by molar-refractivity contribution is 7.99. The van der Waals surface area contributed by atoms with E-state index in [1.165, 1.54) is 25.8 Å². The molecular formula is C16H34N4S. The molecule has 0 bridgehead atoms. The molecule has 0 saturated carbocycles. The highest BCUT2D eigenvalue weighted by Gasteiger charge is 2.21. The Kier molecular flexibility index (Phi) is 8.49. The molecule has 1 heterocycles. The molecule has 1 rings (SSSR count). The van der Waals surface area contributed by atoms with Gasteiger partial charge in [-0.2, -0.15) is 11.8 Å². The zero-order valence-electron chi connectivity index (χ0n) is 14.5. The van der Waals surface area contributed by atoms with Crippen LogP contribution < -0.4 is 10.6 Å². The molecule has 4 nitrogen and oxygen atoms in total. The molecule has 0 amide bonds. The number of likely N-dealkylation sites (tertiary alicyclic amines) is 1. The van der Waals surface area contributed by atoms with Crippen molar-refractivity contribution in [2.45, 2.75) is 57.7 Å². The van der Waals surface area contributed by atoms with Gasteiger partial charge in [0.25, 0.3) is 0 Å². The molecule has 1 saturated heterocycles. The highest BCUT2D eigenvalue weighted by Crippen LogP contribution is 2.21. The van der Waals surface area contributed by atoms with Crippen molar-refractivity contribution in [2.24, 2.45) is 4.99 Å². The van der Waals surface area contributed by atoms with Crippen LogP contribution in [0.5, 0.6) is 0 Å². The van der Waals surface area contributed by atoms with E-state index < -0.39 is 0 Å². The normalized spacial score (nSPS) is 21.4. The van der Waals surface area contributed by atoms with Crippen LogP contribution in [0, 0.1) is 0 Å². The Labute approximate surface area is 135 Å². The van der Waals surface area contributed by atoms with Gasteiger partial charge in [0.2, 0.25) is 0 Å². The van der Waals surface area contributed by atoms with Crippen molar-refractivity contribution in [3.05, 3.63) is 0 Å². The summed E-state index contributed by atoms with van der Waals surface area (Å²) in [7, 11) is 0. The fourth-order valence-corrected chi connectivity index (χ4v) is 2.79. The third kappa shape index (κ3) is 6.92. The van der Waals surface area contributed by atoms with E-state index in [-0.39, 0.29) is 4.75 Å². The quantitative estimate of drug-likeness (QED) is 0.560. The standard InChI is InChI=1S/C16H34N4S/c1-6-17-15(19-13-16(3,4)21-5)18-12-14-10-8-9-11-20(14)7-2/h14H,6-13H2,1-5H3,(H2,17,18,19). The Balaban J connectivity index is 2.51. The van der Waals surface area contributed by atoms with Crippen LogP contribution in [-0.2, 0) is 0 Å². The van der Waals surface area contributed by atoms with Gasteiger partial charge >= 0.3 is 0 Å². The highest BCUT2D eigenvalue weighted by atomic mass is 32.2. The summed E-state index contributed by atoms with van der Waals surface area (Å²) in [6, 6.07) is 0.654. The lowest BCUT2D eigenvalue weighted by atomic mass is 10.0. The number of nitrogens with zero attached hydrogens (tertiary/aromatic N) is 2. The Morgan fingerprint density at radius 3 is 2.67 bits per heavy atom. The van der Waals surface area contributed by atoms with E-state index >= 15 is 0 Å². The van der Waals surface area contributed by atoms with Gasteiger partial charge in [0, 0.05) is 23.9 Å². The van der Waals surface area contributed by atoms with Crippen LogP contribution >= 0.6 is 11.8 Å². The van der Waals surface area contributed by atoms with E-state index in [0.29, 0.717) is 6.04 Å². The number of piperidine rings is 1. The maximum absolute atomic E-state index is 4.75. The van der Waals surface area contributed by atoms with Crippen molar-refractivity contribution < 1.29 is 0 Å². The first-order valence-corrected chi connectivity index (χ1v) is 9.56. The van der Waals surface area contributed by atoms with Crippen molar-refractivity contribution in [1.82, 2.24) is 15.5 Å². The monoisotopic (exact) mass is 314 g/mol. The fourth-order valence-electron chi connectivity index (χ4n) is 2.60. The topological polar surface area (TPSA) is 39.7 Å². The largest absolute Gasteiger partial charge is 0.357 e. The lowest BCUT2D eigenvalue weighted by Crippen LogP contribution is -2.49. The number of hydrogen-bond donors (Lipinski definition) is 2. The molecule has 124 valence electrons. The predicted molar refractivity (Wildman–Crippen MR) is 96.5 cm³/mol. The lowest BCUT2D eigenvalue weighted by molar-refractivity contribution is 0.157. The molecule has 5 heteroatoms. The van der Waals surface area contributed by atoms with E-state index in [4.69, 9.17) is 4.99 Å². The number of likely N-dealkylation sites (N-methyl/N-ethyl adjacent to an activating group) is 1. The van der Waals surface area contributed by atoms with E-state index in [2.05, 4.69) is 49.5 Å². The van der Waals surface area contributed by atoms with Gasteiger partial charge in [0.05, 0.1) is 6.54 Å². The summed E-state index contributed by atoms with van der Waals surface area (Å²) < 4.78 is 0.197. The fraction of sp³-hybridized carbons (Fsp3) is 0.938. The second-order valence-electron chi connectivity index (χ2n) is 6.32. The molecular weight excluding hydrogens is 280 g/mol. The molecule has 21 heavy (non-hydrogen) atoms. The van der Waals surface area contributed by atoms with Crippen molar-refractivity contribution in [3.8, 4) is 0 Å². The molecule has 1 unspecified atom stereocenters. The van der Waals surface area contributed by atoms with Crippen LogP contribution in [-0.4, -0.2) is 60.6 Å². The first-order valence-electron chi connectivity index (χ1n) is 8.33. The molecule has 0 radical (unpaired) electrons.